The van der Waals surface area contributed by atoms with Gasteiger partial charge < -0.3 is 10.2 Å². The lowest BCUT2D eigenvalue weighted by Crippen LogP contribution is -2.50. The Balaban J connectivity index is 2.95. The summed E-state index contributed by atoms with van der Waals surface area (Å²) >= 11 is 0. The van der Waals surface area contributed by atoms with Gasteiger partial charge in [-0.05, 0) is 6.92 Å². The van der Waals surface area contributed by atoms with Crippen LogP contribution in [0, 0.1) is 0 Å². The van der Waals surface area contributed by atoms with Crippen LogP contribution in [0.1, 0.15) is 6.92 Å². The highest BCUT2D eigenvalue weighted by atomic mass is 16.4. The molecule has 0 spiro atoms. The summed E-state index contributed by atoms with van der Waals surface area (Å²) < 4.78 is 0. The first kappa shape index (κ1) is 10.4. The van der Waals surface area contributed by atoms with Gasteiger partial charge in [-0.3, -0.25) is 14.5 Å². The molecule has 0 aromatic carbocycles. The minimum Gasteiger partial charge on any atom is -0.480 e. The van der Waals surface area contributed by atoms with Crippen LogP contribution >= 0.6 is 0 Å². The number of carbonyl (C=O) groups excluding carboxylic acids is 2. The van der Waals surface area contributed by atoms with Crippen molar-refractivity contribution in [2.75, 3.05) is 0 Å². The predicted octanol–water partition coefficient (Wildman–Crippen LogP) is -1.25. The van der Waals surface area contributed by atoms with Crippen molar-refractivity contribution >= 4 is 17.8 Å². The lowest BCUT2D eigenvalue weighted by atomic mass is 10.1. The number of hydrogen-bond donors (Lipinski definition) is 2. The van der Waals surface area contributed by atoms with Gasteiger partial charge in [-0.1, -0.05) is 0 Å². The van der Waals surface area contributed by atoms with Crippen LogP contribution in [0.25, 0.3) is 0 Å². The second-order valence-corrected chi connectivity index (χ2v) is 2.90. The summed E-state index contributed by atoms with van der Waals surface area (Å²) in [5, 5.41) is 17.8. The molecular weight excluding hydrogens is 190 g/mol. The van der Waals surface area contributed by atoms with Gasteiger partial charge in [0.1, 0.15) is 0 Å². The number of hydrogen-bond acceptors (Lipinski definition) is 4. The molecule has 0 aromatic heterocycles. The summed E-state index contributed by atoms with van der Waals surface area (Å²) in [4.78, 5) is 33.4. The Hall–Kier alpha value is -1.69. The second-order valence-electron chi connectivity index (χ2n) is 2.90. The summed E-state index contributed by atoms with van der Waals surface area (Å²) in [6, 6.07) is -1.52. The Kier molecular flexibility index (Phi) is 2.66. The minimum absolute atomic E-state index is 0.521. The van der Waals surface area contributed by atoms with Gasteiger partial charge in [-0.25, -0.2) is 4.79 Å². The summed E-state index contributed by atoms with van der Waals surface area (Å²) in [5.74, 6) is -2.85. The smallest absolute Gasteiger partial charge is 0.329 e. The number of carbonyl (C=O) groups is 3. The van der Waals surface area contributed by atoms with E-state index in [2.05, 4.69) is 0 Å². The average molecular weight is 199 g/mol. The maximum Gasteiger partial charge on any atom is 0.329 e. The Morgan fingerprint density at radius 2 is 1.79 bits per heavy atom. The maximum atomic E-state index is 11.1. The molecule has 0 fully saturated rings. The van der Waals surface area contributed by atoms with Crippen LogP contribution in [-0.2, 0) is 14.4 Å². The van der Waals surface area contributed by atoms with Crippen LogP contribution in [0.3, 0.4) is 0 Å². The molecule has 1 aliphatic rings. The molecule has 1 aliphatic heterocycles. The van der Waals surface area contributed by atoms with E-state index in [1.165, 1.54) is 6.92 Å². The van der Waals surface area contributed by atoms with Gasteiger partial charge in [0.15, 0.2) is 6.04 Å². The fourth-order valence-corrected chi connectivity index (χ4v) is 1.22. The molecule has 0 aromatic rings. The molecular formula is C8H9NO5. The van der Waals surface area contributed by atoms with Crippen LogP contribution in [0.4, 0.5) is 0 Å². The highest BCUT2D eigenvalue weighted by molar-refractivity contribution is 6.14. The van der Waals surface area contributed by atoms with Crippen molar-refractivity contribution in [2.24, 2.45) is 0 Å². The normalized spacial score (nSPS) is 20.0. The highest BCUT2D eigenvalue weighted by Crippen LogP contribution is 2.12. The number of aliphatic hydroxyl groups is 1. The molecule has 14 heavy (non-hydrogen) atoms. The Morgan fingerprint density at radius 1 is 1.36 bits per heavy atom. The van der Waals surface area contributed by atoms with E-state index in [9.17, 15) is 14.4 Å². The van der Waals surface area contributed by atoms with E-state index in [0.717, 1.165) is 12.2 Å². The largest absolute Gasteiger partial charge is 0.480 e. The minimum atomic E-state index is -1.52. The first-order valence-electron chi connectivity index (χ1n) is 3.91. The Labute approximate surface area is 79.4 Å². The van der Waals surface area contributed by atoms with Crippen molar-refractivity contribution < 1.29 is 24.6 Å². The lowest BCUT2D eigenvalue weighted by Gasteiger charge is -2.24. The molecule has 1 heterocycles. The third kappa shape index (κ3) is 1.64. The second kappa shape index (κ2) is 3.59. The fourth-order valence-electron chi connectivity index (χ4n) is 1.22. The lowest BCUT2D eigenvalue weighted by molar-refractivity contribution is -0.157. The number of carboxylic acids is 1. The molecule has 0 saturated carbocycles. The van der Waals surface area contributed by atoms with Crippen LogP contribution in [0.2, 0.25) is 0 Å². The van der Waals surface area contributed by atoms with E-state index in [0.29, 0.717) is 4.90 Å². The average Bonchev–Trinajstić information content (AvgIpc) is 2.34. The topological polar surface area (TPSA) is 94.9 Å². The predicted molar refractivity (Wildman–Crippen MR) is 44.1 cm³/mol. The third-order valence-electron chi connectivity index (χ3n) is 1.83. The summed E-state index contributed by atoms with van der Waals surface area (Å²) in [5.41, 5.74) is 0. The van der Waals surface area contributed by atoms with Crippen LogP contribution in [0.15, 0.2) is 12.2 Å². The molecule has 6 heteroatoms. The third-order valence-corrected chi connectivity index (χ3v) is 1.83. The van der Waals surface area contributed by atoms with Gasteiger partial charge in [0.2, 0.25) is 0 Å². The number of carboxylic acid groups (broad SMARTS) is 1. The van der Waals surface area contributed by atoms with E-state index < -0.39 is 29.9 Å². The Bertz CT molecular complexity index is 302. The van der Waals surface area contributed by atoms with Gasteiger partial charge in [0, 0.05) is 12.2 Å². The first-order chi connectivity index (χ1) is 6.45. The maximum absolute atomic E-state index is 11.1. The molecule has 1 rings (SSSR count). The molecule has 0 saturated heterocycles. The number of imide groups is 1. The van der Waals surface area contributed by atoms with Gasteiger partial charge in [-0.15, -0.1) is 0 Å². The van der Waals surface area contributed by atoms with Gasteiger partial charge in [-0.2, -0.15) is 0 Å². The molecule has 2 atom stereocenters. The number of aliphatic carboxylic acids is 1. The van der Waals surface area contributed by atoms with Crippen molar-refractivity contribution in [2.45, 2.75) is 19.1 Å². The van der Waals surface area contributed by atoms with Crippen molar-refractivity contribution in [3.63, 3.8) is 0 Å². The molecule has 6 nitrogen and oxygen atoms in total. The van der Waals surface area contributed by atoms with Crippen LogP contribution < -0.4 is 0 Å². The monoisotopic (exact) mass is 199 g/mol. The number of amides is 2. The van der Waals surface area contributed by atoms with E-state index in [1.54, 1.807) is 0 Å². The van der Waals surface area contributed by atoms with E-state index in [-0.39, 0.29) is 0 Å². The zero-order valence-electron chi connectivity index (χ0n) is 7.38. The Morgan fingerprint density at radius 3 is 2.07 bits per heavy atom. The summed E-state index contributed by atoms with van der Waals surface area (Å²) in [7, 11) is 0. The molecule has 2 unspecified atom stereocenters. The molecule has 2 N–H and O–H groups in total. The van der Waals surface area contributed by atoms with Crippen molar-refractivity contribution in [3.05, 3.63) is 12.2 Å². The molecule has 0 radical (unpaired) electrons. The van der Waals surface area contributed by atoms with Crippen LogP contribution in [-0.4, -0.2) is 45.0 Å². The SMILES string of the molecule is CC(O)C(C(=O)O)N1C(=O)C=CC1=O. The standard InChI is InChI=1S/C8H9NO5/c1-4(10)7(8(13)14)9-5(11)2-3-6(9)12/h2-4,7,10H,1H3,(H,13,14). The molecule has 0 aliphatic carbocycles. The van der Waals surface area contributed by atoms with E-state index in [1.807, 2.05) is 0 Å². The number of nitrogens with zero attached hydrogens (tertiary/aromatic N) is 1. The highest BCUT2D eigenvalue weighted by Gasteiger charge is 2.38. The number of rotatable bonds is 3. The fraction of sp³-hybridized carbons (Fsp3) is 0.375. The zero-order chi connectivity index (χ0) is 10.9. The van der Waals surface area contributed by atoms with Gasteiger partial charge in [0.05, 0.1) is 6.10 Å². The first-order valence-corrected chi connectivity index (χ1v) is 3.91. The quantitative estimate of drug-likeness (QED) is 0.553. The van der Waals surface area contributed by atoms with Crippen molar-refractivity contribution in [1.29, 1.82) is 0 Å². The van der Waals surface area contributed by atoms with E-state index in [4.69, 9.17) is 10.2 Å². The van der Waals surface area contributed by atoms with Crippen molar-refractivity contribution in [1.82, 2.24) is 4.90 Å². The zero-order valence-corrected chi connectivity index (χ0v) is 7.38. The number of aliphatic hydroxyl groups excluding tert-OH is 1. The van der Waals surface area contributed by atoms with Gasteiger partial charge >= 0.3 is 5.97 Å². The van der Waals surface area contributed by atoms with Gasteiger partial charge in [0.25, 0.3) is 11.8 Å². The molecule has 76 valence electrons. The van der Waals surface area contributed by atoms with Crippen molar-refractivity contribution in [3.8, 4) is 0 Å². The van der Waals surface area contributed by atoms with Crippen LogP contribution in [0.5, 0.6) is 0 Å². The molecule has 2 amide bonds. The molecule has 0 bridgehead atoms. The summed E-state index contributed by atoms with van der Waals surface area (Å²) in [6.45, 7) is 1.21. The van der Waals surface area contributed by atoms with E-state index >= 15 is 0 Å². The summed E-state index contributed by atoms with van der Waals surface area (Å²) in [6.07, 6.45) is 0.640.